The van der Waals surface area contributed by atoms with Crippen LogP contribution >= 0.6 is 0 Å². The summed E-state index contributed by atoms with van der Waals surface area (Å²) in [5, 5.41) is 0. The highest BCUT2D eigenvalue weighted by Gasteiger charge is 2.25. The molecule has 2 heterocycles. The summed E-state index contributed by atoms with van der Waals surface area (Å²) in [5.41, 5.74) is 2.55. The maximum absolute atomic E-state index is 12.5. The number of amides is 1. The lowest BCUT2D eigenvalue weighted by Gasteiger charge is -2.29. The number of carbonyl (C=O) groups excluding carboxylic acids is 2. The van der Waals surface area contributed by atoms with Crippen LogP contribution in [-0.2, 0) is 6.42 Å². The van der Waals surface area contributed by atoms with Crippen molar-refractivity contribution in [1.82, 2.24) is 0 Å². The lowest BCUT2D eigenvalue weighted by molar-refractivity contribution is 0.0956. The number of fused-ring (bicyclic) bond motifs is 1. The van der Waals surface area contributed by atoms with Crippen molar-refractivity contribution in [2.45, 2.75) is 19.8 Å². The molecule has 0 aliphatic carbocycles. The molecule has 102 valence electrons. The maximum atomic E-state index is 12.5. The number of nitrogens with zero attached hydrogens (tertiary/aromatic N) is 1. The summed E-state index contributed by atoms with van der Waals surface area (Å²) in [5.74, 6) is 0.173. The van der Waals surface area contributed by atoms with E-state index in [1.54, 1.807) is 23.1 Å². The molecule has 20 heavy (non-hydrogen) atoms. The molecule has 0 saturated carbocycles. The van der Waals surface area contributed by atoms with Gasteiger partial charge in [0.15, 0.2) is 11.5 Å². The Morgan fingerprint density at radius 2 is 2.10 bits per heavy atom. The van der Waals surface area contributed by atoms with E-state index in [2.05, 4.69) is 0 Å². The third-order valence-electron chi connectivity index (χ3n) is 3.59. The van der Waals surface area contributed by atoms with Crippen LogP contribution < -0.4 is 4.90 Å². The van der Waals surface area contributed by atoms with Gasteiger partial charge >= 0.3 is 0 Å². The molecule has 1 amide bonds. The minimum Gasteiger partial charge on any atom is -0.459 e. The molecule has 1 aromatic heterocycles. The van der Waals surface area contributed by atoms with Crippen molar-refractivity contribution in [3.05, 3.63) is 53.5 Å². The van der Waals surface area contributed by atoms with E-state index in [0.29, 0.717) is 17.9 Å². The van der Waals surface area contributed by atoms with Gasteiger partial charge in [0.05, 0.1) is 6.26 Å². The Hall–Kier alpha value is -2.36. The highest BCUT2D eigenvalue weighted by Crippen LogP contribution is 2.29. The monoisotopic (exact) mass is 269 g/mol. The lowest BCUT2D eigenvalue weighted by atomic mass is 9.98. The molecule has 4 nitrogen and oxygen atoms in total. The van der Waals surface area contributed by atoms with E-state index in [-0.39, 0.29) is 11.7 Å². The molecule has 0 atom stereocenters. The summed E-state index contributed by atoms with van der Waals surface area (Å²) in [4.78, 5) is 25.7. The van der Waals surface area contributed by atoms with Crippen molar-refractivity contribution in [3.8, 4) is 0 Å². The Balaban J connectivity index is 2.02. The number of rotatable bonds is 2. The molecule has 1 aliphatic heterocycles. The first-order valence-corrected chi connectivity index (χ1v) is 6.66. The zero-order chi connectivity index (χ0) is 14.1. The van der Waals surface area contributed by atoms with Gasteiger partial charge in [0, 0.05) is 17.8 Å². The minimum absolute atomic E-state index is 0.00349. The maximum Gasteiger partial charge on any atom is 0.293 e. The number of hydrogen-bond donors (Lipinski definition) is 0. The van der Waals surface area contributed by atoms with E-state index >= 15 is 0 Å². The highest BCUT2D eigenvalue weighted by atomic mass is 16.3. The molecule has 0 bridgehead atoms. The number of Topliss-reactive ketones (excluding diaryl/α,β-unsaturated/α-hetero) is 1. The number of anilines is 1. The third kappa shape index (κ3) is 2.13. The summed E-state index contributed by atoms with van der Waals surface area (Å²) in [7, 11) is 0. The smallest absolute Gasteiger partial charge is 0.293 e. The first-order valence-electron chi connectivity index (χ1n) is 6.66. The first-order chi connectivity index (χ1) is 9.66. The highest BCUT2D eigenvalue weighted by molar-refractivity contribution is 6.06. The van der Waals surface area contributed by atoms with Crippen molar-refractivity contribution in [1.29, 1.82) is 0 Å². The normalized spacial score (nSPS) is 13.9. The number of aryl methyl sites for hydroxylation is 1. The van der Waals surface area contributed by atoms with Crippen molar-refractivity contribution < 1.29 is 14.0 Å². The number of ketones is 1. The lowest BCUT2D eigenvalue weighted by Crippen LogP contribution is -2.35. The van der Waals surface area contributed by atoms with Crippen LogP contribution in [0, 0.1) is 0 Å². The molecule has 0 spiro atoms. The molecule has 1 aliphatic rings. The van der Waals surface area contributed by atoms with Crippen molar-refractivity contribution in [2.24, 2.45) is 0 Å². The van der Waals surface area contributed by atoms with Crippen molar-refractivity contribution >= 4 is 17.4 Å². The van der Waals surface area contributed by atoms with Crippen LogP contribution in [0.15, 0.2) is 41.0 Å². The minimum atomic E-state index is -0.156. The second kappa shape index (κ2) is 4.96. The Morgan fingerprint density at radius 3 is 2.80 bits per heavy atom. The molecule has 0 saturated heterocycles. The Morgan fingerprint density at radius 1 is 1.25 bits per heavy atom. The molecule has 4 heteroatoms. The number of carbonyl (C=O) groups is 2. The molecule has 2 aromatic rings. The Kier molecular flexibility index (Phi) is 3.14. The van der Waals surface area contributed by atoms with E-state index in [9.17, 15) is 9.59 Å². The summed E-state index contributed by atoms with van der Waals surface area (Å²) >= 11 is 0. The second-order valence-corrected chi connectivity index (χ2v) is 4.94. The SMILES string of the molecule is CC(=O)c1ccc2c(c1)N(C(=O)c1ccco1)CCC2. The Bertz CT molecular complexity index is 658. The summed E-state index contributed by atoms with van der Waals surface area (Å²) < 4.78 is 5.18. The van der Waals surface area contributed by atoms with E-state index < -0.39 is 0 Å². The van der Waals surface area contributed by atoms with Gasteiger partial charge in [-0.15, -0.1) is 0 Å². The predicted molar refractivity (Wildman–Crippen MR) is 75.2 cm³/mol. The fourth-order valence-corrected chi connectivity index (χ4v) is 2.54. The third-order valence-corrected chi connectivity index (χ3v) is 3.59. The summed E-state index contributed by atoms with van der Waals surface area (Å²) in [6, 6.07) is 8.92. The first kappa shape index (κ1) is 12.7. The fourth-order valence-electron chi connectivity index (χ4n) is 2.54. The quantitative estimate of drug-likeness (QED) is 0.787. The molecule has 0 unspecified atom stereocenters. The van der Waals surface area contributed by atoms with Gasteiger partial charge in [-0.25, -0.2) is 0 Å². The second-order valence-electron chi connectivity index (χ2n) is 4.94. The standard InChI is InChI=1S/C16H15NO3/c1-11(18)13-7-6-12-4-2-8-17(14(12)10-13)16(19)15-5-3-9-20-15/h3,5-7,9-10H,2,4,8H2,1H3. The molecule has 3 rings (SSSR count). The van der Waals surface area contributed by atoms with Crippen LogP contribution in [0.2, 0.25) is 0 Å². The fraction of sp³-hybridized carbons (Fsp3) is 0.250. The van der Waals surface area contributed by atoms with E-state index in [1.165, 1.54) is 13.2 Å². The molecule has 0 N–H and O–H groups in total. The van der Waals surface area contributed by atoms with Crippen LogP contribution in [0.25, 0.3) is 0 Å². The largest absolute Gasteiger partial charge is 0.459 e. The summed E-state index contributed by atoms with van der Waals surface area (Å²) in [6.45, 7) is 2.18. The van der Waals surface area contributed by atoms with Gasteiger partial charge in [-0.1, -0.05) is 12.1 Å². The van der Waals surface area contributed by atoms with Gasteiger partial charge in [0.25, 0.3) is 5.91 Å². The van der Waals surface area contributed by atoms with Gasteiger partial charge in [-0.2, -0.15) is 0 Å². The van der Waals surface area contributed by atoms with Crippen LogP contribution in [0.1, 0.15) is 39.8 Å². The van der Waals surface area contributed by atoms with Crippen LogP contribution in [0.4, 0.5) is 5.69 Å². The number of hydrogen-bond acceptors (Lipinski definition) is 3. The predicted octanol–water partition coefficient (Wildman–Crippen LogP) is 3.08. The topological polar surface area (TPSA) is 50.5 Å². The number of furan rings is 1. The zero-order valence-electron chi connectivity index (χ0n) is 11.3. The van der Waals surface area contributed by atoms with Crippen LogP contribution in [0.5, 0.6) is 0 Å². The zero-order valence-corrected chi connectivity index (χ0v) is 11.3. The molecular formula is C16H15NO3. The van der Waals surface area contributed by atoms with Crippen molar-refractivity contribution in [3.63, 3.8) is 0 Å². The van der Waals surface area contributed by atoms with Gasteiger partial charge in [0.2, 0.25) is 0 Å². The van der Waals surface area contributed by atoms with Crippen LogP contribution in [0.3, 0.4) is 0 Å². The molecular weight excluding hydrogens is 254 g/mol. The van der Waals surface area contributed by atoms with E-state index in [1.807, 2.05) is 12.1 Å². The molecule has 0 fully saturated rings. The number of benzene rings is 1. The van der Waals surface area contributed by atoms with Gasteiger partial charge in [0.1, 0.15) is 0 Å². The van der Waals surface area contributed by atoms with Crippen LogP contribution in [-0.4, -0.2) is 18.2 Å². The molecule has 1 aromatic carbocycles. The van der Waals surface area contributed by atoms with E-state index in [0.717, 1.165) is 24.1 Å². The average Bonchev–Trinajstić information content (AvgIpc) is 2.99. The Labute approximate surface area is 117 Å². The van der Waals surface area contributed by atoms with E-state index in [4.69, 9.17) is 4.42 Å². The summed E-state index contributed by atoms with van der Waals surface area (Å²) in [6.07, 6.45) is 3.33. The van der Waals surface area contributed by atoms with Crippen molar-refractivity contribution in [2.75, 3.05) is 11.4 Å². The van der Waals surface area contributed by atoms with Gasteiger partial charge in [-0.3, -0.25) is 9.59 Å². The van der Waals surface area contributed by atoms with Gasteiger partial charge < -0.3 is 9.32 Å². The van der Waals surface area contributed by atoms with Gasteiger partial charge in [-0.05, 0) is 43.5 Å². The molecule has 0 radical (unpaired) electrons. The average molecular weight is 269 g/mol.